The molecule has 0 saturated carbocycles. The largest absolute Gasteiger partial charge is 0.360 e. The number of nitrogens with one attached hydrogen (secondary N) is 2. The molecule has 0 aliphatic heterocycles. The van der Waals surface area contributed by atoms with Gasteiger partial charge in [0.25, 0.3) is 0 Å². The molecule has 0 spiro atoms. The normalized spacial score (nSPS) is 11.1. The molecule has 1 aromatic carbocycles. The average Bonchev–Trinajstić information content (AvgIpc) is 2.36. The van der Waals surface area contributed by atoms with Crippen LogP contribution in [0, 0.1) is 0 Å². The van der Waals surface area contributed by atoms with Crippen LogP contribution >= 0.6 is 12.2 Å². The van der Waals surface area contributed by atoms with E-state index >= 15 is 0 Å². The van der Waals surface area contributed by atoms with Gasteiger partial charge in [0.15, 0.2) is 5.11 Å². The zero-order chi connectivity index (χ0) is 14.7. The molecule has 0 radical (unpaired) electrons. The van der Waals surface area contributed by atoms with Crippen molar-refractivity contribution >= 4 is 33.9 Å². The van der Waals surface area contributed by atoms with Gasteiger partial charge >= 0.3 is 0 Å². The van der Waals surface area contributed by atoms with Crippen molar-refractivity contribution in [2.45, 2.75) is 39.7 Å². The van der Waals surface area contributed by atoms with Gasteiger partial charge in [-0.2, -0.15) is 0 Å². The molecular formula is C16H21N3S. The van der Waals surface area contributed by atoms with Crippen LogP contribution < -0.4 is 10.6 Å². The van der Waals surface area contributed by atoms with Crippen molar-refractivity contribution in [3.05, 3.63) is 36.0 Å². The molecule has 2 rings (SSSR count). The third-order valence-corrected chi connectivity index (χ3v) is 3.20. The van der Waals surface area contributed by atoms with Gasteiger partial charge in [0, 0.05) is 22.8 Å². The first-order valence-electron chi connectivity index (χ1n) is 6.94. The molecule has 0 saturated heterocycles. The Morgan fingerprint density at radius 2 is 1.80 bits per heavy atom. The zero-order valence-electron chi connectivity index (χ0n) is 12.4. The first-order chi connectivity index (χ1) is 9.45. The van der Waals surface area contributed by atoms with Crippen molar-refractivity contribution in [1.29, 1.82) is 0 Å². The van der Waals surface area contributed by atoms with Gasteiger partial charge in [-0.05, 0) is 50.2 Å². The summed E-state index contributed by atoms with van der Waals surface area (Å²) in [4.78, 5) is 4.70. The molecule has 0 aliphatic rings. The lowest BCUT2D eigenvalue weighted by atomic mass is 10.1. The lowest BCUT2D eigenvalue weighted by Crippen LogP contribution is -2.33. The summed E-state index contributed by atoms with van der Waals surface area (Å²) in [5, 5.41) is 8.14. The Bertz CT molecular complexity index is 620. The Balaban J connectivity index is 2.25. The van der Waals surface area contributed by atoms with Crippen molar-refractivity contribution in [2.75, 3.05) is 5.32 Å². The number of fused-ring (bicyclic) bond motifs is 1. The van der Waals surface area contributed by atoms with Gasteiger partial charge < -0.3 is 10.6 Å². The Labute approximate surface area is 125 Å². The van der Waals surface area contributed by atoms with Crippen LogP contribution in [0.25, 0.3) is 10.9 Å². The van der Waals surface area contributed by atoms with Gasteiger partial charge in [-0.25, -0.2) is 0 Å². The third kappa shape index (κ3) is 3.67. The van der Waals surface area contributed by atoms with E-state index in [1.807, 2.05) is 12.1 Å². The topological polar surface area (TPSA) is 37.0 Å². The number of pyridine rings is 1. The highest BCUT2D eigenvalue weighted by Crippen LogP contribution is 2.21. The van der Waals surface area contributed by atoms with E-state index in [0.717, 1.165) is 22.3 Å². The summed E-state index contributed by atoms with van der Waals surface area (Å²) in [5.41, 5.74) is 3.06. The molecule has 2 aromatic rings. The molecule has 0 fully saturated rings. The monoisotopic (exact) mass is 287 g/mol. The summed E-state index contributed by atoms with van der Waals surface area (Å²) in [5.74, 6) is 0.430. The summed E-state index contributed by atoms with van der Waals surface area (Å²) < 4.78 is 0. The van der Waals surface area contributed by atoms with Crippen molar-refractivity contribution in [3.63, 3.8) is 0 Å². The molecule has 2 N–H and O–H groups in total. The van der Waals surface area contributed by atoms with E-state index in [1.54, 1.807) is 0 Å². The van der Waals surface area contributed by atoms with Crippen molar-refractivity contribution in [3.8, 4) is 0 Å². The highest BCUT2D eigenvalue weighted by atomic mass is 32.1. The van der Waals surface area contributed by atoms with Gasteiger partial charge in [0.2, 0.25) is 0 Å². The molecular weight excluding hydrogens is 266 g/mol. The maximum absolute atomic E-state index is 5.26. The van der Waals surface area contributed by atoms with Gasteiger partial charge in [-0.1, -0.05) is 26.0 Å². The van der Waals surface area contributed by atoms with Crippen LogP contribution in [0.2, 0.25) is 0 Å². The number of thiocarbonyl (C=S) groups is 1. The van der Waals surface area contributed by atoms with Crippen LogP contribution in [-0.2, 0) is 0 Å². The maximum Gasteiger partial charge on any atom is 0.170 e. The third-order valence-electron chi connectivity index (χ3n) is 2.98. The van der Waals surface area contributed by atoms with Crippen molar-refractivity contribution in [1.82, 2.24) is 10.3 Å². The Morgan fingerprint density at radius 1 is 1.10 bits per heavy atom. The highest BCUT2D eigenvalue weighted by molar-refractivity contribution is 7.80. The molecule has 0 unspecified atom stereocenters. The van der Waals surface area contributed by atoms with Crippen molar-refractivity contribution in [2.24, 2.45) is 0 Å². The van der Waals surface area contributed by atoms with Crippen LogP contribution in [0.15, 0.2) is 30.3 Å². The van der Waals surface area contributed by atoms with Crippen LogP contribution in [-0.4, -0.2) is 16.1 Å². The minimum Gasteiger partial charge on any atom is -0.360 e. The minimum absolute atomic E-state index is 0.320. The summed E-state index contributed by atoms with van der Waals surface area (Å²) in [6.07, 6.45) is 0. The molecule has 0 amide bonds. The number of anilines is 1. The smallest absolute Gasteiger partial charge is 0.170 e. The molecule has 20 heavy (non-hydrogen) atoms. The predicted octanol–water partition coefficient (Wildman–Crippen LogP) is 4.05. The number of aromatic nitrogens is 1. The molecule has 0 aliphatic carbocycles. The van der Waals surface area contributed by atoms with E-state index in [0.29, 0.717) is 17.1 Å². The fourth-order valence-corrected chi connectivity index (χ4v) is 2.32. The Morgan fingerprint density at radius 3 is 2.45 bits per heavy atom. The number of rotatable bonds is 3. The molecule has 106 valence electrons. The van der Waals surface area contributed by atoms with Crippen LogP contribution in [0.5, 0.6) is 0 Å². The van der Waals surface area contributed by atoms with Gasteiger partial charge in [-0.15, -0.1) is 0 Å². The van der Waals surface area contributed by atoms with Crippen molar-refractivity contribution < 1.29 is 0 Å². The molecule has 0 atom stereocenters. The van der Waals surface area contributed by atoms with E-state index in [1.165, 1.54) is 0 Å². The lowest BCUT2D eigenvalue weighted by molar-refractivity contribution is 0.739. The van der Waals surface area contributed by atoms with E-state index < -0.39 is 0 Å². The van der Waals surface area contributed by atoms with E-state index in [9.17, 15) is 0 Å². The van der Waals surface area contributed by atoms with E-state index in [4.69, 9.17) is 17.2 Å². The second-order valence-electron chi connectivity index (χ2n) is 5.55. The van der Waals surface area contributed by atoms with Crippen LogP contribution in [0.1, 0.15) is 39.3 Å². The van der Waals surface area contributed by atoms with E-state index in [2.05, 4.69) is 56.5 Å². The van der Waals surface area contributed by atoms with Crippen LogP contribution in [0.4, 0.5) is 5.69 Å². The summed E-state index contributed by atoms with van der Waals surface area (Å²) in [6.45, 7) is 8.42. The molecule has 1 heterocycles. The zero-order valence-corrected chi connectivity index (χ0v) is 13.2. The molecule has 4 heteroatoms. The Kier molecular flexibility index (Phi) is 4.55. The van der Waals surface area contributed by atoms with Gasteiger partial charge in [-0.3, -0.25) is 4.98 Å². The fourth-order valence-electron chi connectivity index (χ4n) is 1.96. The quantitative estimate of drug-likeness (QED) is 0.835. The number of hydrogen-bond donors (Lipinski definition) is 2. The van der Waals surface area contributed by atoms with Gasteiger partial charge in [0.05, 0.1) is 5.52 Å². The van der Waals surface area contributed by atoms with Crippen LogP contribution in [0.3, 0.4) is 0 Å². The molecule has 1 aromatic heterocycles. The standard InChI is InChI=1S/C16H21N3S/c1-10(2)14-8-6-12-5-7-13(9-15(12)19-14)18-16(20)17-11(3)4/h5-11H,1-4H3,(H2,17,18,20). The van der Waals surface area contributed by atoms with E-state index in [-0.39, 0.29) is 0 Å². The number of benzene rings is 1. The second kappa shape index (κ2) is 6.18. The lowest BCUT2D eigenvalue weighted by Gasteiger charge is -2.13. The highest BCUT2D eigenvalue weighted by Gasteiger charge is 2.04. The fraction of sp³-hybridized carbons (Fsp3) is 0.375. The molecule has 0 bridgehead atoms. The predicted molar refractivity (Wildman–Crippen MR) is 90.3 cm³/mol. The van der Waals surface area contributed by atoms with Gasteiger partial charge in [0.1, 0.15) is 0 Å². The SMILES string of the molecule is CC(C)NC(=S)Nc1ccc2ccc(C(C)C)nc2c1. The summed E-state index contributed by atoms with van der Waals surface area (Å²) in [7, 11) is 0. The second-order valence-corrected chi connectivity index (χ2v) is 5.96. The number of nitrogens with zero attached hydrogens (tertiary/aromatic N) is 1. The number of hydrogen-bond acceptors (Lipinski definition) is 2. The average molecular weight is 287 g/mol. The summed E-state index contributed by atoms with van der Waals surface area (Å²) >= 11 is 5.26. The summed E-state index contributed by atoms with van der Waals surface area (Å²) in [6, 6.07) is 10.6. The first-order valence-corrected chi connectivity index (χ1v) is 7.35. The minimum atomic E-state index is 0.320. The molecule has 3 nitrogen and oxygen atoms in total. The maximum atomic E-state index is 5.26. The Hall–Kier alpha value is -1.68. The first kappa shape index (κ1) is 14.7.